The van der Waals surface area contributed by atoms with Crippen molar-refractivity contribution in [3.8, 4) is 0 Å². The first-order valence-corrected chi connectivity index (χ1v) is 10.1. The average molecular weight is 373 g/mol. The SMILES string of the molecule is CC(CC(O)N1C2CC3CC1CC(O)(C3)C2)c1nn(C)c2cccc(F)c12. The van der Waals surface area contributed by atoms with Crippen molar-refractivity contribution in [3.63, 3.8) is 0 Å². The second-order valence-electron chi connectivity index (χ2n) is 9.19. The predicted molar refractivity (Wildman–Crippen MR) is 101 cm³/mol. The second kappa shape index (κ2) is 6.00. The maximum Gasteiger partial charge on any atom is 0.134 e. The lowest BCUT2D eigenvalue weighted by molar-refractivity contribution is -0.199. The Morgan fingerprint density at radius 2 is 1.96 bits per heavy atom. The number of hydrogen-bond acceptors (Lipinski definition) is 4. The fourth-order valence-corrected chi connectivity index (χ4v) is 6.30. The normalized spacial score (nSPS) is 35.1. The molecule has 0 amide bonds. The van der Waals surface area contributed by atoms with Crippen LogP contribution in [0, 0.1) is 11.7 Å². The first-order valence-electron chi connectivity index (χ1n) is 10.1. The van der Waals surface area contributed by atoms with Crippen LogP contribution in [-0.4, -0.2) is 48.8 Å². The predicted octanol–water partition coefficient (Wildman–Crippen LogP) is 2.90. The Labute approximate surface area is 158 Å². The number of aliphatic hydroxyl groups is 2. The highest BCUT2D eigenvalue weighted by Crippen LogP contribution is 2.52. The van der Waals surface area contributed by atoms with Gasteiger partial charge in [-0.3, -0.25) is 9.58 Å². The van der Waals surface area contributed by atoms with Gasteiger partial charge in [0.25, 0.3) is 0 Å². The first-order chi connectivity index (χ1) is 12.8. The number of aromatic nitrogens is 2. The molecule has 2 saturated heterocycles. The molecule has 4 bridgehead atoms. The molecule has 6 heteroatoms. The topological polar surface area (TPSA) is 61.5 Å². The molecule has 2 saturated carbocycles. The van der Waals surface area contributed by atoms with Crippen molar-refractivity contribution in [2.45, 2.75) is 75.3 Å². The second-order valence-corrected chi connectivity index (χ2v) is 9.19. The van der Waals surface area contributed by atoms with E-state index in [1.807, 2.05) is 20.0 Å². The van der Waals surface area contributed by atoms with Crippen LogP contribution in [0.4, 0.5) is 4.39 Å². The van der Waals surface area contributed by atoms with Crippen LogP contribution in [0.2, 0.25) is 0 Å². The number of rotatable bonds is 4. The van der Waals surface area contributed by atoms with E-state index in [0.29, 0.717) is 23.4 Å². The third kappa shape index (κ3) is 2.72. The van der Waals surface area contributed by atoms with Crippen molar-refractivity contribution in [2.75, 3.05) is 0 Å². The van der Waals surface area contributed by atoms with Gasteiger partial charge in [0, 0.05) is 25.0 Å². The third-order valence-corrected chi connectivity index (χ3v) is 7.18. The molecule has 146 valence electrons. The van der Waals surface area contributed by atoms with Crippen LogP contribution < -0.4 is 0 Å². The molecule has 1 aromatic heterocycles. The molecule has 5 nitrogen and oxygen atoms in total. The zero-order valence-corrected chi connectivity index (χ0v) is 16.0. The summed E-state index contributed by atoms with van der Waals surface area (Å²) < 4.78 is 16.2. The molecule has 2 aliphatic heterocycles. The van der Waals surface area contributed by atoms with Crippen LogP contribution in [0.5, 0.6) is 0 Å². The van der Waals surface area contributed by atoms with Gasteiger partial charge in [-0.05, 0) is 56.6 Å². The van der Waals surface area contributed by atoms with E-state index in [-0.39, 0.29) is 23.8 Å². The van der Waals surface area contributed by atoms with E-state index in [9.17, 15) is 14.6 Å². The van der Waals surface area contributed by atoms with Gasteiger partial charge in [0.15, 0.2) is 0 Å². The van der Waals surface area contributed by atoms with E-state index in [1.54, 1.807) is 10.7 Å². The van der Waals surface area contributed by atoms with Crippen LogP contribution in [-0.2, 0) is 7.05 Å². The minimum absolute atomic E-state index is 0.0547. The highest BCUT2D eigenvalue weighted by atomic mass is 19.1. The number of nitrogens with zero attached hydrogens (tertiary/aromatic N) is 3. The number of aryl methyl sites for hydroxylation is 1. The van der Waals surface area contributed by atoms with Gasteiger partial charge in [-0.2, -0.15) is 5.10 Å². The Kier molecular flexibility index (Phi) is 3.91. The first kappa shape index (κ1) is 17.6. The Morgan fingerprint density at radius 1 is 1.26 bits per heavy atom. The maximum absolute atomic E-state index is 14.4. The molecule has 4 unspecified atom stereocenters. The van der Waals surface area contributed by atoms with Crippen molar-refractivity contribution in [1.29, 1.82) is 0 Å². The Hall–Kier alpha value is -1.50. The summed E-state index contributed by atoms with van der Waals surface area (Å²) in [4.78, 5) is 2.24. The number of fused-ring (bicyclic) bond motifs is 1. The lowest BCUT2D eigenvalue weighted by atomic mass is 9.61. The van der Waals surface area contributed by atoms with E-state index in [2.05, 4.69) is 10.00 Å². The fourth-order valence-electron chi connectivity index (χ4n) is 6.30. The number of piperidine rings is 2. The van der Waals surface area contributed by atoms with Crippen LogP contribution in [0.1, 0.15) is 57.1 Å². The molecule has 3 heterocycles. The highest BCUT2D eigenvalue weighted by molar-refractivity contribution is 5.83. The van der Waals surface area contributed by atoms with E-state index in [0.717, 1.165) is 37.6 Å². The minimum atomic E-state index is -0.581. The van der Waals surface area contributed by atoms with Gasteiger partial charge in [0.1, 0.15) is 12.0 Å². The van der Waals surface area contributed by atoms with Crippen molar-refractivity contribution in [2.24, 2.45) is 13.0 Å². The summed E-state index contributed by atoms with van der Waals surface area (Å²) in [6.07, 6.45) is 4.56. The number of aliphatic hydroxyl groups excluding tert-OH is 1. The smallest absolute Gasteiger partial charge is 0.134 e. The molecular weight excluding hydrogens is 345 g/mol. The number of halogens is 1. The summed E-state index contributed by atoms with van der Waals surface area (Å²) in [7, 11) is 1.83. The monoisotopic (exact) mass is 373 g/mol. The Bertz CT molecular complexity index is 866. The molecule has 6 rings (SSSR count). The summed E-state index contributed by atoms with van der Waals surface area (Å²) >= 11 is 0. The van der Waals surface area contributed by atoms with Gasteiger partial charge in [-0.15, -0.1) is 0 Å². The number of benzene rings is 1. The van der Waals surface area contributed by atoms with Gasteiger partial charge in [-0.25, -0.2) is 4.39 Å². The molecule has 2 aliphatic carbocycles. The van der Waals surface area contributed by atoms with Gasteiger partial charge < -0.3 is 10.2 Å². The van der Waals surface area contributed by atoms with Crippen molar-refractivity contribution < 1.29 is 14.6 Å². The summed E-state index contributed by atoms with van der Waals surface area (Å²) in [5, 5.41) is 26.9. The van der Waals surface area contributed by atoms with E-state index >= 15 is 0 Å². The fraction of sp³-hybridized carbons (Fsp3) is 0.667. The molecule has 27 heavy (non-hydrogen) atoms. The van der Waals surface area contributed by atoms with Crippen molar-refractivity contribution in [1.82, 2.24) is 14.7 Å². The molecule has 0 spiro atoms. The highest BCUT2D eigenvalue weighted by Gasteiger charge is 2.55. The Morgan fingerprint density at radius 3 is 2.63 bits per heavy atom. The lowest BCUT2D eigenvalue weighted by Gasteiger charge is -2.60. The molecule has 2 N–H and O–H groups in total. The molecule has 4 fully saturated rings. The Balaban J connectivity index is 1.38. The summed E-state index contributed by atoms with van der Waals surface area (Å²) in [6.45, 7) is 2.02. The van der Waals surface area contributed by atoms with Gasteiger partial charge in [-0.1, -0.05) is 13.0 Å². The average Bonchev–Trinajstić information content (AvgIpc) is 2.91. The van der Waals surface area contributed by atoms with Crippen LogP contribution in [0.15, 0.2) is 18.2 Å². The van der Waals surface area contributed by atoms with Crippen LogP contribution >= 0.6 is 0 Å². The third-order valence-electron chi connectivity index (χ3n) is 7.18. The summed E-state index contributed by atoms with van der Waals surface area (Å²) in [6, 6.07) is 5.58. The molecule has 4 atom stereocenters. The van der Waals surface area contributed by atoms with E-state index in [1.165, 1.54) is 6.07 Å². The van der Waals surface area contributed by atoms with Crippen LogP contribution in [0.3, 0.4) is 0 Å². The number of hydrogen-bond donors (Lipinski definition) is 2. The minimum Gasteiger partial charge on any atom is -0.390 e. The molecule has 2 aromatic rings. The van der Waals surface area contributed by atoms with Crippen LogP contribution in [0.25, 0.3) is 10.9 Å². The standard InChI is InChI=1S/C21H28FN3O2/c1-12(20-19-16(22)4-3-5-17(19)24(2)23-20)6-18(26)25-14-7-13-8-15(25)11-21(27,9-13)10-14/h3-5,12-15,18,26-27H,6-11H2,1-2H3. The molecule has 1 aromatic carbocycles. The summed E-state index contributed by atoms with van der Waals surface area (Å²) in [5.41, 5.74) is 0.982. The summed E-state index contributed by atoms with van der Waals surface area (Å²) in [5.74, 6) is 0.289. The van der Waals surface area contributed by atoms with Crippen molar-refractivity contribution >= 4 is 10.9 Å². The van der Waals surface area contributed by atoms with Gasteiger partial charge >= 0.3 is 0 Å². The zero-order chi connectivity index (χ0) is 18.9. The molecular formula is C21H28FN3O2. The van der Waals surface area contributed by atoms with Gasteiger partial charge in [0.2, 0.25) is 0 Å². The zero-order valence-electron chi connectivity index (χ0n) is 16.0. The van der Waals surface area contributed by atoms with E-state index < -0.39 is 11.8 Å². The van der Waals surface area contributed by atoms with Crippen molar-refractivity contribution in [3.05, 3.63) is 29.7 Å². The van der Waals surface area contributed by atoms with Gasteiger partial charge in [0.05, 0.1) is 22.2 Å². The molecule has 4 aliphatic rings. The molecule has 0 radical (unpaired) electrons. The lowest BCUT2D eigenvalue weighted by Crippen LogP contribution is -2.66. The quantitative estimate of drug-likeness (QED) is 0.865. The largest absolute Gasteiger partial charge is 0.390 e. The maximum atomic E-state index is 14.4. The van der Waals surface area contributed by atoms with E-state index in [4.69, 9.17) is 0 Å².